The lowest BCUT2D eigenvalue weighted by atomic mass is 10.1. The van der Waals surface area contributed by atoms with E-state index in [4.69, 9.17) is 4.74 Å². The second-order valence-electron chi connectivity index (χ2n) is 5.57. The van der Waals surface area contributed by atoms with E-state index in [1.807, 2.05) is 5.32 Å². The van der Waals surface area contributed by atoms with Crippen LogP contribution in [0.25, 0.3) is 6.08 Å². The number of hydrogen-bond donors (Lipinski definition) is 2. The van der Waals surface area contributed by atoms with E-state index in [0.717, 1.165) is 6.07 Å². The molecule has 1 aliphatic heterocycles. The van der Waals surface area contributed by atoms with Gasteiger partial charge in [-0.1, -0.05) is 18.2 Å². The Morgan fingerprint density at radius 2 is 1.93 bits per heavy atom. The van der Waals surface area contributed by atoms with Crippen molar-refractivity contribution in [3.8, 4) is 11.5 Å². The van der Waals surface area contributed by atoms with E-state index in [-0.39, 0.29) is 22.8 Å². The molecule has 1 saturated heterocycles. The molecule has 0 saturated carbocycles. The van der Waals surface area contributed by atoms with Gasteiger partial charge in [-0.2, -0.15) is 0 Å². The fraction of sp³-hybridized carbons (Fsp3) is 0.105. The lowest BCUT2D eigenvalue weighted by Crippen LogP contribution is -2.54. The minimum Gasteiger partial charge on any atom is -0.504 e. The number of nitrogens with one attached hydrogen (secondary N) is 1. The molecular weight excluding hydrogens is 355 g/mol. The van der Waals surface area contributed by atoms with Crippen LogP contribution < -0.4 is 15.0 Å². The van der Waals surface area contributed by atoms with Crippen molar-refractivity contribution in [1.29, 1.82) is 0 Å². The van der Waals surface area contributed by atoms with Crippen LogP contribution in [-0.4, -0.2) is 29.6 Å². The number of urea groups is 1. The van der Waals surface area contributed by atoms with E-state index in [9.17, 15) is 23.9 Å². The van der Waals surface area contributed by atoms with Crippen LogP contribution in [0, 0.1) is 5.82 Å². The number of rotatable bonds is 4. The van der Waals surface area contributed by atoms with Crippen LogP contribution in [0.15, 0.2) is 48.0 Å². The van der Waals surface area contributed by atoms with Crippen molar-refractivity contribution in [3.63, 3.8) is 0 Å². The van der Waals surface area contributed by atoms with Crippen molar-refractivity contribution < 1.29 is 28.6 Å². The van der Waals surface area contributed by atoms with Crippen LogP contribution in [0.3, 0.4) is 0 Å². The number of halogens is 1. The Kier molecular flexibility index (Phi) is 4.89. The van der Waals surface area contributed by atoms with Gasteiger partial charge >= 0.3 is 6.03 Å². The number of hydrogen-bond acceptors (Lipinski definition) is 5. The van der Waals surface area contributed by atoms with Gasteiger partial charge in [0.25, 0.3) is 11.8 Å². The lowest BCUT2D eigenvalue weighted by molar-refractivity contribution is -0.122. The Labute approximate surface area is 153 Å². The number of para-hydroxylation sites is 1. The highest BCUT2D eigenvalue weighted by Gasteiger charge is 2.37. The number of benzene rings is 2. The van der Waals surface area contributed by atoms with E-state index in [2.05, 4.69) is 0 Å². The molecule has 1 heterocycles. The van der Waals surface area contributed by atoms with Gasteiger partial charge in [0.1, 0.15) is 11.4 Å². The van der Waals surface area contributed by atoms with Gasteiger partial charge in [-0.05, 0) is 42.8 Å². The summed E-state index contributed by atoms with van der Waals surface area (Å²) in [6, 6.07) is 8.46. The van der Waals surface area contributed by atoms with Crippen LogP contribution in [0.5, 0.6) is 11.5 Å². The van der Waals surface area contributed by atoms with Crippen LogP contribution in [0.4, 0.5) is 14.9 Å². The largest absolute Gasteiger partial charge is 0.504 e. The first-order chi connectivity index (χ1) is 12.9. The maximum Gasteiger partial charge on any atom is 0.336 e. The third-order valence-electron chi connectivity index (χ3n) is 3.79. The van der Waals surface area contributed by atoms with Gasteiger partial charge in [0.05, 0.1) is 12.3 Å². The van der Waals surface area contributed by atoms with Gasteiger partial charge in [0.2, 0.25) is 0 Å². The molecule has 0 unspecified atom stereocenters. The maximum absolute atomic E-state index is 14.0. The first-order valence-corrected chi connectivity index (χ1v) is 8.04. The fourth-order valence-corrected chi connectivity index (χ4v) is 2.57. The lowest BCUT2D eigenvalue weighted by Gasteiger charge is -2.26. The molecule has 0 aromatic heterocycles. The van der Waals surface area contributed by atoms with Gasteiger partial charge in [0, 0.05) is 0 Å². The second kappa shape index (κ2) is 7.28. The summed E-state index contributed by atoms with van der Waals surface area (Å²) < 4.78 is 19.3. The Balaban J connectivity index is 2.02. The van der Waals surface area contributed by atoms with Gasteiger partial charge in [-0.3, -0.25) is 14.9 Å². The summed E-state index contributed by atoms with van der Waals surface area (Å²) in [6.45, 7) is 2.04. The summed E-state index contributed by atoms with van der Waals surface area (Å²) in [5.41, 5.74) is -0.234. The monoisotopic (exact) mass is 370 g/mol. The molecule has 138 valence electrons. The van der Waals surface area contributed by atoms with Crippen molar-refractivity contribution in [1.82, 2.24) is 5.32 Å². The number of barbiturate groups is 1. The molecule has 0 aliphatic carbocycles. The third-order valence-corrected chi connectivity index (χ3v) is 3.79. The van der Waals surface area contributed by atoms with Crippen molar-refractivity contribution >= 4 is 29.6 Å². The Hall–Kier alpha value is -3.68. The SMILES string of the molecule is CCOc1cc(C=C2C(=O)NC(=O)N(c3ccccc3F)C2=O)ccc1O. The predicted octanol–water partition coefficient (Wildman–Crippen LogP) is 2.60. The van der Waals surface area contributed by atoms with E-state index >= 15 is 0 Å². The number of nitrogens with zero attached hydrogens (tertiary/aromatic N) is 1. The van der Waals surface area contributed by atoms with Crippen molar-refractivity contribution in [2.24, 2.45) is 0 Å². The van der Waals surface area contributed by atoms with Crippen molar-refractivity contribution in [2.45, 2.75) is 6.92 Å². The molecule has 3 rings (SSSR count). The molecule has 4 amide bonds. The average molecular weight is 370 g/mol. The van der Waals surface area contributed by atoms with Crippen LogP contribution in [0.1, 0.15) is 12.5 Å². The summed E-state index contributed by atoms with van der Waals surface area (Å²) in [7, 11) is 0. The second-order valence-corrected chi connectivity index (χ2v) is 5.57. The number of amides is 4. The normalized spacial score (nSPS) is 15.9. The minimum atomic E-state index is -1.03. The smallest absolute Gasteiger partial charge is 0.336 e. The topological polar surface area (TPSA) is 95.9 Å². The predicted molar refractivity (Wildman–Crippen MR) is 94.7 cm³/mol. The van der Waals surface area contributed by atoms with E-state index in [1.165, 1.54) is 42.5 Å². The number of phenolic OH excluding ortho intramolecular Hbond substituents is 1. The number of phenols is 1. The fourth-order valence-electron chi connectivity index (χ4n) is 2.57. The summed E-state index contributed by atoms with van der Waals surface area (Å²) in [6.07, 6.45) is 1.24. The number of carbonyl (C=O) groups is 3. The quantitative estimate of drug-likeness (QED) is 0.637. The summed E-state index contributed by atoms with van der Waals surface area (Å²) in [5, 5.41) is 11.8. The highest BCUT2D eigenvalue weighted by atomic mass is 19.1. The summed E-state index contributed by atoms with van der Waals surface area (Å²) in [5.74, 6) is -2.55. The highest BCUT2D eigenvalue weighted by Crippen LogP contribution is 2.29. The zero-order valence-corrected chi connectivity index (χ0v) is 14.2. The summed E-state index contributed by atoms with van der Waals surface area (Å²) >= 11 is 0. The zero-order valence-electron chi connectivity index (χ0n) is 14.2. The van der Waals surface area contributed by atoms with Gasteiger partial charge in [-0.15, -0.1) is 0 Å². The molecule has 2 aromatic rings. The van der Waals surface area contributed by atoms with Gasteiger partial charge in [-0.25, -0.2) is 14.1 Å². The van der Waals surface area contributed by atoms with E-state index < -0.39 is 23.7 Å². The molecule has 1 aliphatic rings. The molecule has 0 spiro atoms. The number of ether oxygens (including phenoxy) is 1. The van der Waals surface area contributed by atoms with E-state index in [1.54, 1.807) is 6.92 Å². The number of aromatic hydroxyl groups is 1. The first kappa shape index (κ1) is 18.1. The standard InChI is InChI=1S/C19H15FN2O5/c1-2-27-16-10-11(7-8-15(16)23)9-12-17(24)21-19(26)22(18(12)25)14-6-4-3-5-13(14)20/h3-10,23H,2H2,1H3,(H,21,24,26). The average Bonchev–Trinajstić information content (AvgIpc) is 2.63. The van der Waals surface area contributed by atoms with Crippen molar-refractivity contribution in [2.75, 3.05) is 11.5 Å². The molecule has 8 heteroatoms. The van der Waals surface area contributed by atoms with Gasteiger partial charge < -0.3 is 9.84 Å². The number of anilines is 1. The molecule has 0 atom stereocenters. The first-order valence-electron chi connectivity index (χ1n) is 8.04. The molecule has 7 nitrogen and oxygen atoms in total. The molecule has 1 fully saturated rings. The third kappa shape index (κ3) is 3.50. The molecule has 2 N–H and O–H groups in total. The zero-order chi connectivity index (χ0) is 19.6. The van der Waals surface area contributed by atoms with E-state index in [0.29, 0.717) is 17.1 Å². The van der Waals surface area contributed by atoms with Crippen LogP contribution in [-0.2, 0) is 9.59 Å². The molecule has 0 bridgehead atoms. The number of carbonyl (C=O) groups excluding carboxylic acids is 3. The highest BCUT2D eigenvalue weighted by molar-refractivity contribution is 6.39. The Bertz CT molecular complexity index is 970. The van der Waals surface area contributed by atoms with Gasteiger partial charge in [0.15, 0.2) is 11.5 Å². The number of imide groups is 2. The Morgan fingerprint density at radius 3 is 2.63 bits per heavy atom. The maximum atomic E-state index is 14.0. The summed E-state index contributed by atoms with van der Waals surface area (Å²) in [4.78, 5) is 37.5. The van der Waals surface area contributed by atoms with Crippen LogP contribution in [0.2, 0.25) is 0 Å². The molecule has 27 heavy (non-hydrogen) atoms. The molecular formula is C19H15FN2O5. The van der Waals surface area contributed by atoms with Crippen LogP contribution >= 0.6 is 0 Å². The Morgan fingerprint density at radius 1 is 1.19 bits per heavy atom. The minimum absolute atomic E-state index is 0.0958. The molecule has 0 radical (unpaired) electrons. The molecule has 2 aromatic carbocycles. The van der Waals surface area contributed by atoms with Crippen molar-refractivity contribution in [3.05, 3.63) is 59.4 Å².